The maximum absolute atomic E-state index is 12.8. The molecule has 1 aromatic carbocycles. The molecule has 1 aliphatic heterocycles. The summed E-state index contributed by atoms with van der Waals surface area (Å²) in [6, 6.07) is 7.72. The van der Waals surface area contributed by atoms with Crippen molar-refractivity contribution in [2.45, 2.75) is 26.7 Å². The number of amides is 1. The zero-order valence-electron chi connectivity index (χ0n) is 17.2. The third kappa shape index (κ3) is 4.59. The van der Waals surface area contributed by atoms with Gasteiger partial charge >= 0.3 is 0 Å². The van der Waals surface area contributed by atoms with Crippen molar-refractivity contribution in [2.24, 2.45) is 18.9 Å². The molecule has 0 aliphatic carbocycles. The highest BCUT2D eigenvalue weighted by molar-refractivity contribution is 5.94. The van der Waals surface area contributed by atoms with Gasteiger partial charge in [0.2, 0.25) is 5.91 Å². The molecule has 152 valence electrons. The Hall–Kier alpha value is -2.87. The van der Waals surface area contributed by atoms with Gasteiger partial charge in [0.05, 0.1) is 17.6 Å². The lowest BCUT2D eigenvalue weighted by Crippen LogP contribution is -2.42. The average molecular weight is 393 g/mol. The molecule has 0 radical (unpaired) electrons. The number of carbonyl (C=O) groups excluding carboxylic acids is 1. The number of hydrogen-bond acceptors (Lipinski definition) is 6. The minimum absolute atomic E-state index is 0.00840. The van der Waals surface area contributed by atoms with E-state index in [2.05, 4.69) is 44.6 Å². The summed E-state index contributed by atoms with van der Waals surface area (Å²) in [7, 11) is 1.84. The number of fused-ring (bicyclic) bond motifs is 1. The van der Waals surface area contributed by atoms with E-state index < -0.39 is 0 Å². The van der Waals surface area contributed by atoms with E-state index in [9.17, 15) is 4.79 Å². The topological polar surface area (TPSA) is 88.8 Å². The molecule has 0 unspecified atom stereocenters. The van der Waals surface area contributed by atoms with Crippen molar-refractivity contribution in [1.29, 1.82) is 0 Å². The van der Waals surface area contributed by atoms with Crippen molar-refractivity contribution in [1.82, 2.24) is 30.1 Å². The summed E-state index contributed by atoms with van der Waals surface area (Å²) in [5, 5.41) is 20.5. The number of aryl methyl sites for hydroxylation is 1. The highest BCUT2D eigenvalue weighted by Gasteiger charge is 2.26. The Morgan fingerprint density at radius 3 is 2.86 bits per heavy atom. The first-order valence-electron chi connectivity index (χ1n) is 10.2. The Bertz CT molecular complexity index is 1010. The fourth-order valence-electron chi connectivity index (χ4n) is 3.93. The predicted molar refractivity (Wildman–Crippen MR) is 112 cm³/mol. The van der Waals surface area contributed by atoms with Crippen LogP contribution in [0.15, 0.2) is 30.5 Å². The fraction of sp³-hybridized carbons (Fsp3) is 0.476. The van der Waals surface area contributed by atoms with Gasteiger partial charge in [-0.1, -0.05) is 25.1 Å². The van der Waals surface area contributed by atoms with Crippen molar-refractivity contribution in [2.75, 3.05) is 25.0 Å². The van der Waals surface area contributed by atoms with E-state index in [1.54, 1.807) is 4.68 Å². The first-order valence-corrected chi connectivity index (χ1v) is 10.2. The summed E-state index contributed by atoms with van der Waals surface area (Å²) in [5.74, 6) is 1.11. The molecular formula is C21H27N7O. The normalized spacial score (nSPS) is 17.7. The lowest BCUT2D eigenvalue weighted by atomic mass is 9.96. The molecule has 3 aromatic rings. The number of benzene rings is 1. The van der Waals surface area contributed by atoms with E-state index in [-0.39, 0.29) is 11.8 Å². The van der Waals surface area contributed by atoms with E-state index in [1.807, 2.05) is 37.5 Å². The van der Waals surface area contributed by atoms with Crippen LogP contribution in [0.2, 0.25) is 0 Å². The van der Waals surface area contributed by atoms with E-state index in [0.29, 0.717) is 11.7 Å². The van der Waals surface area contributed by atoms with Crippen LogP contribution in [-0.2, 0) is 11.8 Å². The zero-order chi connectivity index (χ0) is 20.4. The number of carbonyl (C=O) groups is 1. The van der Waals surface area contributed by atoms with Crippen LogP contribution in [0.5, 0.6) is 0 Å². The van der Waals surface area contributed by atoms with E-state index in [0.717, 1.165) is 54.6 Å². The minimum atomic E-state index is -0.00840. The molecule has 1 fully saturated rings. The molecular weight excluding hydrogens is 366 g/mol. The highest BCUT2D eigenvalue weighted by Crippen LogP contribution is 2.24. The Morgan fingerprint density at radius 1 is 1.24 bits per heavy atom. The molecule has 0 saturated carbocycles. The van der Waals surface area contributed by atoms with Gasteiger partial charge < -0.3 is 10.2 Å². The number of anilines is 1. The number of hydrogen-bond donors (Lipinski definition) is 1. The second kappa shape index (κ2) is 8.24. The zero-order valence-corrected chi connectivity index (χ0v) is 17.2. The van der Waals surface area contributed by atoms with Crippen molar-refractivity contribution in [3.8, 4) is 11.3 Å². The van der Waals surface area contributed by atoms with Gasteiger partial charge in [0.1, 0.15) is 5.69 Å². The van der Waals surface area contributed by atoms with E-state index >= 15 is 0 Å². The molecule has 0 bridgehead atoms. The molecule has 8 nitrogen and oxygen atoms in total. The van der Waals surface area contributed by atoms with Gasteiger partial charge in [-0.05, 0) is 43.5 Å². The van der Waals surface area contributed by atoms with Gasteiger partial charge in [-0.2, -0.15) is 0 Å². The molecule has 1 saturated heterocycles. The van der Waals surface area contributed by atoms with Crippen LogP contribution in [0, 0.1) is 11.8 Å². The Kier molecular flexibility index (Phi) is 5.53. The first kappa shape index (κ1) is 19.4. The predicted octanol–water partition coefficient (Wildman–Crippen LogP) is 2.73. The lowest BCUT2D eigenvalue weighted by molar-refractivity contribution is -0.121. The van der Waals surface area contributed by atoms with Gasteiger partial charge in [0.25, 0.3) is 0 Å². The summed E-state index contributed by atoms with van der Waals surface area (Å²) in [6.45, 7) is 7.34. The monoisotopic (exact) mass is 393 g/mol. The van der Waals surface area contributed by atoms with Crippen LogP contribution < -0.4 is 5.32 Å². The molecule has 4 rings (SSSR count). The summed E-state index contributed by atoms with van der Waals surface area (Å²) in [4.78, 5) is 15.2. The third-order valence-corrected chi connectivity index (χ3v) is 5.23. The smallest absolute Gasteiger partial charge is 0.229 e. The van der Waals surface area contributed by atoms with Crippen molar-refractivity contribution < 1.29 is 4.79 Å². The summed E-state index contributed by atoms with van der Waals surface area (Å²) >= 11 is 0. The molecule has 29 heavy (non-hydrogen) atoms. The van der Waals surface area contributed by atoms with Crippen LogP contribution in [0.25, 0.3) is 22.2 Å². The maximum atomic E-state index is 12.8. The Morgan fingerprint density at radius 2 is 2.10 bits per heavy atom. The molecule has 1 aliphatic rings. The van der Waals surface area contributed by atoms with Gasteiger partial charge in [0.15, 0.2) is 5.82 Å². The van der Waals surface area contributed by atoms with Crippen molar-refractivity contribution in [3.63, 3.8) is 0 Å². The van der Waals surface area contributed by atoms with Crippen molar-refractivity contribution >= 4 is 22.6 Å². The largest absolute Gasteiger partial charge is 0.309 e. The van der Waals surface area contributed by atoms with Crippen LogP contribution in [0.4, 0.5) is 5.82 Å². The second-order valence-electron chi connectivity index (χ2n) is 8.26. The summed E-state index contributed by atoms with van der Waals surface area (Å²) < 4.78 is 1.67. The summed E-state index contributed by atoms with van der Waals surface area (Å²) in [5.41, 5.74) is 2.52. The molecule has 1 amide bonds. The van der Waals surface area contributed by atoms with Gasteiger partial charge in [0, 0.05) is 31.1 Å². The van der Waals surface area contributed by atoms with Gasteiger partial charge in [-0.25, -0.2) is 0 Å². The number of aromatic nitrogens is 5. The number of nitrogens with zero attached hydrogens (tertiary/aromatic N) is 6. The molecule has 3 heterocycles. The average Bonchev–Trinajstić information content (AvgIpc) is 3.13. The Balaban J connectivity index is 1.49. The molecule has 0 spiro atoms. The van der Waals surface area contributed by atoms with E-state index in [4.69, 9.17) is 0 Å². The van der Waals surface area contributed by atoms with Crippen LogP contribution in [0.1, 0.15) is 26.7 Å². The molecule has 1 atom stereocenters. The fourth-order valence-corrected chi connectivity index (χ4v) is 3.93. The highest BCUT2D eigenvalue weighted by atomic mass is 16.2. The van der Waals surface area contributed by atoms with Crippen LogP contribution in [-0.4, -0.2) is 55.6 Å². The van der Waals surface area contributed by atoms with E-state index in [1.165, 1.54) is 0 Å². The molecule has 2 aromatic heterocycles. The van der Waals surface area contributed by atoms with Gasteiger partial charge in [-0.15, -0.1) is 15.3 Å². The van der Waals surface area contributed by atoms with Crippen LogP contribution >= 0.6 is 0 Å². The standard InChI is InChI=1S/C21H27N7O/c1-14(2)11-28-8-4-5-16(12-28)21(29)22-20-10-17-9-15(6-7-18(17)23-25-20)19-13-27(3)26-24-19/h6-7,9-10,13-14,16H,4-5,8,11-12H2,1-3H3,(H,22,25,29)/t16-/m1/s1. The summed E-state index contributed by atoms with van der Waals surface area (Å²) in [6.07, 6.45) is 3.83. The third-order valence-electron chi connectivity index (χ3n) is 5.23. The molecule has 8 heteroatoms. The van der Waals surface area contributed by atoms with Crippen molar-refractivity contribution in [3.05, 3.63) is 30.5 Å². The number of likely N-dealkylation sites (tertiary alicyclic amines) is 1. The quantitative estimate of drug-likeness (QED) is 0.717. The number of rotatable bonds is 5. The SMILES string of the molecule is CC(C)CN1CCC[C@@H](C(=O)Nc2cc3cc(-c4cn(C)nn4)ccc3nn2)C1. The van der Waals surface area contributed by atoms with Crippen LogP contribution in [0.3, 0.4) is 0 Å². The first-order chi connectivity index (χ1) is 14.0. The second-order valence-corrected chi connectivity index (χ2v) is 8.26. The number of nitrogens with one attached hydrogen (secondary N) is 1. The Labute approximate surface area is 170 Å². The number of piperidine rings is 1. The lowest BCUT2D eigenvalue weighted by Gasteiger charge is -2.32. The minimum Gasteiger partial charge on any atom is -0.309 e. The van der Waals surface area contributed by atoms with Gasteiger partial charge in [-0.3, -0.25) is 9.48 Å². The maximum Gasteiger partial charge on any atom is 0.229 e. The molecule has 1 N–H and O–H groups in total.